The maximum atomic E-state index is 12.9. The van der Waals surface area contributed by atoms with E-state index in [0.29, 0.717) is 5.91 Å². The largest absolute Gasteiger partial charge is 0.341 e. The minimum atomic E-state index is 0.0914. The molecule has 0 N–H and O–H groups in total. The third-order valence-electron chi connectivity index (χ3n) is 4.94. The first-order chi connectivity index (χ1) is 11.8. The van der Waals surface area contributed by atoms with Crippen LogP contribution in [-0.4, -0.2) is 56.7 Å². The summed E-state index contributed by atoms with van der Waals surface area (Å²) >= 11 is 0. The number of carbonyl (C=O) groups excluding carboxylic acids is 1. The van der Waals surface area contributed by atoms with Crippen LogP contribution in [0.25, 0.3) is 0 Å². The third-order valence-corrected chi connectivity index (χ3v) is 4.94. The first-order valence-corrected chi connectivity index (χ1v) is 8.63. The van der Waals surface area contributed by atoms with Crippen LogP contribution < -0.4 is 4.90 Å². The van der Waals surface area contributed by atoms with Crippen molar-refractivity contribution < 1.29 is 4.79 Å². The summed E-state index contributed by atoms with van der Waals surface area (Å²) in [4.78, 5) is 25.8. The molecule has 2 aromatic heterocycles. The fourth-order valence-corrected chi connectivity index (χ4v) is 3.63. The lowest BCUT2D eigenvalue weighted by molar-refractivity contribution is -0.136. The van der Waals surface area contributed by atoms with Crippen molar-refractivity contribution in [2.45, 2.75) is 25.8 Å². The van der Waals surface area contributed by atoms with Gasteiger partial charge < -0.3 is 9.80 Å². The lowest BCUT2D eigenvalue weighted by atomic mass is 9.94. The quantitative estimate of drug-likeness (QED) is 0.823. The number of fused-ring (bicyclic) bond motifs is 1. The normalized spacial score (nSPS) is 21.2. The summed E-state index contributed by atoms with van der Waals surface area (Å²) in [5.74, 6) is 1.14. The number of amides is 1. The molecule has 7 nitrogen and oxygen atoms in total. The Morgan fingerprint density at radius 1 is 1.04 bits per heavy atom. The summed E-state index contributed by atoms with van der Waals surface area (Å²) in [5.41, 5.74) is 1.17. The first-order valence-electron chi connectivity index (χ1n) is 8.63. The van der Waals surface area contributed by atoms with E-state index in [2.05, 4.69) is 20.0 Å². The Kier molecular flexibility index (Phi) is 4.15. The first kappa shape index (κ1) is 15.1. The Labute approximate surface area is 141 Å². The van der Waals surface area contributed by atoms with E-state index in [4.69, 9.17) is 0 Å². The number of aromatic nitrogens is 4. The Bertz CT molecular complexity index is 700. The monoisotopic (exact) mass is 326 g/mol. The molecule has 1 fully saturated rings. The zero-order chi connectivity index (χ0) is 16.4. The highest BCUT2D eigenvalue weighted by molar-refractivity contribution is 5.79. The van der Waals surface area contributed by atoms with Crippen molar-refractivity contribution in [3.8, 4) is 0 Å². The predicted octanol–water partition coefficient (Wildman–Crippen LogP) is 0.974. The van der Waals surface area contributed by atoms with E-state index in [1.807, 2.05) is 27.9 Å². The highest BCUT2D eigenvalue weighted by Gasteiger charge is 2.30. The Morgan fingerprint density at radius 2 is 1.92 bits per heavy atom. The van der Waals surface area contributed by atoms with Gasteiger partial charge in [0, 0.05) is 69.3 Å². The number of rotatable bonds is 2. The average molecular weight is 326 g/mol. The number of anilines is 1. The van der Waals surface area contributed by atoms with Crippen LogP contribution in [0.1, 0.15) is 18.5 Å². The molecule has 1 unspecified atom stereocenters. The molecule has 4 rings (SSSR count). The summed E-state index contributed by atoms with van der Waals surface area (Å²) in [6.07, 6.45) is 8.00. The van der Waals surface area contributed by atoms with Gasteiger partial charge in [-0.1, -0.05) is 0 Å². The number of hydrogen-bond acceptors (Lipinski definition) is 5. The lowest BCUT2D eigenvalue weighted by Gasteiger charge is -2.29. The molecule has 126 valence electrons. The number of aryl methyl sites for hydroxylation is 1. The van der Waals surface area contributed by atoms with Gasteiger partial charge in [-0.25, -0.2) is 9.97 Å². The maximum Gasteiger partial charge on any atom is 0.226 e. The molecule has 0 bridgehead atoms. The summed E-state index contributed by atoms with van der Waals surface area (Å²) < 4.78 is 2.01. The standard InChI is InChI=1S/C17H22N6O/c24-16(14-4-10-23-15(13-14)3-7-20-23)21-8-2-9-22(12-11-21)17-18-5-1-6-19-17/h1,3,5-7,14H,2,4,8-13H2. The van der Waals surface area contributed by atoms with E-state index in [-0.39, 0.29) is 5.92 Å². The van der Waals surface area contributed by atoms with Crippen LogP contribution in [0.4, 0.5) is 5.95 Å². The summed E-state index contributed by atoms with van der Waals surface area (Å²) in [6.45, 7) is 4.09. The second-order valence-electron chi connectivity index (χ2n) is 6.45. The molecule has 0 aromatic carbocycles. The second kappa shape index (κ2) is 6.59. The van der Waals surface area contributed by atoms with E-state index >= 15 is 0 Å². The van der Waals surface area contributed by atoms with Gasteiger partial charge in [0.1, 0.15) is 0 Å². The second-order valence-corrected chi connectivity index (χ2v) is 6.45. The van der Waals surface area contributed by atoms with Gasteiger partial charge in [-0.15, -0.1) is 0 Å². The van der Waals surface area contributed by atoms with Gasteiger partial charge >= 0.3 is 0 Å². The molecule has 1 amide bonds. The molecule has 4 heterocycles. The van der Waals surface area contributed by atoms with Crippen LogP contribution in [0.15, 0.2) is 30.7 Å². The SMILES string of the molecule is O=C(C1CCn2nccc2C1)N1CCCN(c2ncccn2)CC1. The molecule has 0 aliphatic carbocycles. The molecule has 0 spiro atoms. The molecular weight excluding hydrogens is 304 g/mol. The molecular formula is C17H22N6O. The van der Waals surface area contributed by atoms with Crippen molar-refractivity contribution in [1.82, 2.24) is 24.6 Å². The summed E-state index contributed by atoms with van der Waals surface area (Å²) in [6, 6.07) is 3.85. The van der Waals surface area contributed by atoms with E-state index in [1.165, 1.54) is 5.69 Å². The molecule has 2 aliphatic rings. The van der Waals surface area contributed by atoms with Crippen LogP contribution >= 0.6 is 0 Å². The van der Waals surface area contributed by atoms with Crippen LogP contribution in [0.5, 0.6) is 0 Å². The number of carbonyl (C=O) groups is 1. The van der Waals surface area contributed by atoms with E-state index in [0.717, 1.165) is 57.9 Å². The fraction of sp³-hybridized carbons (Fsp3) is 0.529. The zero-order valence-electron chi connectivity index (χ0n) is 13.7. The van der Waals surface area contributed by atoms with Gasteiger partial charge in [0.2, 0.25) is 11.9 Å². The van der Waals surface area contributed by atoms with E-state index in [9.17, 15) is 4.79 Å². The van der Waals surface area contributed by atoms with Crippen molar-refractivity contribution in [1.29, 1.82) is 0 Å². The van der Waals surface area contributed by atoms with Gasteiger partial charge in [-0.2, -0.15) is 5.10 Å². The maximum absolute atomic E-state index is 12.9. The van der Waals surface area contributed by atoms with E-state index < -0.39 is 0 Å². The van der Waals surface area contributed by atoms with Gasteiger partial charge in [-0.05, 0) is 25.0 Å². The highest BCUT2D eigenvalue weighted by atomic mass is 16.2. The predicted molar refractivity (Wildman–Crippen MR) is 89.5 cm³/mol. The Balaban J connectivity index is 1.39. The molecule has 24 heavy (non-hydrogen) atoms. The lowest BCUT2D eigenvalue weighted by Crippen LogP contribution is -2.41. The summed E-state index contributed by atoms with van der Waals surface area (Å²) in [5, 5.41) is 4.29. The van der Waals surface area contributed by atoms with Gasteiger partial charge in [0.05, 0.1) is 0 Å². The van der Waals surface area contributed by atoms with Crippen molar-refractivity contribution in [3.05, 3.63) is 36.4 Å². The molecule has 2 aliphatic heterocycles. The molecule has 2 aromatic rings. The summed E-state index contributed by atoms with van der Waals surface area (Å²) in [7, 11) is 0. The van der Waals surface area contributed by atoms with Gasteiger partial charge in [0.25, 0.3) is 0 Å². The van der Waals surface area contributed by atoms with Crippen LogP contribution in [0, 0.1) is 5.92 Å². The fourth-order valence-electron chi connectivity index (χ4n) is 3.63. The van der Waals surface area contributed by atoms with Gasteiger partial charge in [-0.3, -0.25) is 9.48 Å². The van der Waals surface area contributed by atoms with Crippen LogP contribution in [-0.2, 0) is 17.8 Å². The molecule has 1 saturated heterocycles. The number of nitrogens with zero attached hydrogens (tertiary/aromatic N) is 6. The minimum Gasteiger partial charge on any atom is -0.341 e. The zero-order valence-corrected chi connectivity index (χ0v) is 13.7. The minimum absolute atomic E-state index is 0.0914. The third kappa shape index (κ3) is 2.98. The van der Waals surface area contributed by atoms with Crippen molar-refractivity contribution in [2.24, 2.45) is 5.92 Å². The van der Waals surface area contributed by atoms with E-state index in [1.54, 1.807) is 12.4 Å². The number of hydrogen-bond donors (Lipinski definition) is 0. The van der Waals surface area contributed by atoms with Crippen LogP contribution in [0.2, 0.25) is 0 Å². The van der Waals surface area contributed by atoms with Crippen LogP contribution in [0.3, 0.4) is 0 Å². The average Bonchev–Trinajstić information content (AvgIpc) is 2.96. The highest BCUT2D eigenvalue weighted by Crippen LogP contribution is 2.22. The van der Waals surface area contributed by atoms with Crippen molar-refractivity contribution >= 4 is 11.9 Å². The smallest absolute Gasteiger partial charge is 0.226 e. The molecule has 0 saturated carbocycles. The molecule has 7 heteroatoms. The van der Waals surface area contributed by atoms with Crippen molar-refractivity contribution in [3.63, 3.8) is 0 Å². The molecule has 0 radical (unpaired) electrons. The molecule has 1 atom stereocenters. The topological polar surface area (TPSA) is 67.2 Å². The van der Waals surface area contributed by atoms with Crippen molar-refractivity contribution in [2.75, 3.05) is 31.1 Å². The Hall–Kier alpha value is -2.44. The van der Waals surface area contributed by atoms with Gasteiger partial charge in [0.15, 0.2) is 0 Å². The Morgan fingerprint density at radius 3 is 2.79 bits per heavy atom.